The van der Waals surface area contributed by atoms with E-state index in [1.165, 1.54) is 0 Å². The minimum Gasteiger partial charge on any atom is -0.340 e. The third-order valence-corrected chi connectivity index (χ3v) is 4.70. The number of nitrogens with one attached hydrogen (secondary N) is 1. The first-order chi connectivity index (χ1) is 9.65. The van der Waals surface area contributed by atoms with E-state index in [1.807, 2.05) is 12.3 Å². The van der Waals surface area contributed by atoms with E-state index in [2.05, 4.69) is 31.1 Å². The van der Waals surface area contributed by atoms with E-state index in [0.717, 1.165) is 10.7 Å². The number of carbonyl (C=O) groups is 2. The number of aromatic nitrogens is 1. The molecule has 1 saturated heterocycles. The first kappa shape index (κ1) is 15.9. The number of nitrogens with zero attached hydrogens (tertiary/aromatic N) is 2. The maximum atomic E-state index is 12.5. The summed E-state index contributed by atoms with van der Waals surface area (Å²) >= 11 is 1.54. The van der Waals surface area contributed by atoms with Crippen LogP contribution in [0.5, 0.6) is 0 Å². The van der Waals surface area contributed by atoms with E-state index in [1.54, 1.807) is 23.2 Å². The van der Waals surface area contributed by atoms with Crippen molar-refractivity contribution in [3.8, 4) is 0 Å². The Morgan fingerprint density at radius 3 is 2.62 bits per heavy atom. The molecular formula is C15H23N3O2S. The highest BCUT2D eigenvalue weighted by Crippen LogP contribution is 2.26. The summed E-state index contributed by atoms with van der Waals surface area (Å²) in [7, 11) is 0. The zero-order valence-electron chi connectivity index (χ0n) is 13.3. The fraction of sp³-hybridized carbons (Fsp3) is 0.667. The molecule has 2 amide bonds. The van der Waals surface area contributed by atoms with Crippen LogP contribution in [0, 0.1) is 0 Å². The van der Waals surface area contributed by atoms with Crippen LogP contribution in [-0.4, -0.2) is 33.8 Å². The van der Waals surface area contributed by atoms with Crippen LogP contribution in [0.3, 0.4) is 0 Å². The summed E-state index contributed by atoms with van der Waals surface area (Å²) in [6.07, 6.45) is 0.583. The summed E-state index contributed by atoms with van der Waals surface area (Å²) in [6.45, 7) is 10.5. The molecule has 0 aliphatic carbocycles. The maximum absolute atomic E-state index is 12.5. The molecule has 1 fully saturated rings. The Morgan fingerprint density at radius 2 is 2.10 bits per heavy atom. The van der Waals surface area contributed by atoms with Crippen LogP contribution in [0.2, 0.25) is 0 Å². The van der Waals surface area contributed by atoms with Gasteiger partial charge in [-0.05, 0) is 13.3 Å². The van der Waals surface area contributed by atoms with Gasteiger partial charge in [0, 0.05) is 10.8 Å². The van der Waals surface area contributed by atoms with Gasteiger partial charge in [0.25, 0.3) is 0 Å². The average Bonchev–Trinajstić information content (AvgIpc) is 2.84. The van der Waals surface area contributed by atoms with Gasteiger partial charge < -0.3 is 10.2 Å². The highest BCUT2D eigenvalue weighted by molar-refractivity contribution is 7.09. The monoisotopic (exact) mass is 309 g/mol. The molecule has 2 heterocycles. The standard InChI is InChI=1S/C15H23N3O2S/c1-6-15(5)13(20)18(7-11(19)17-15)8-12-16-10(9-21-12)14(2,3)4/h9H,6-8H2,1-5H3,(H,17,19). The minimum absolute atomic E-state index is 0.00400. The molecule has 1 unspecified atom stereocenters. The third kappa shape index (κ3) is 3.26. The summed E-state index contributed by atoms with van der Waals surface area (Å²) in [6, 6.07) is 0. The van der Waals surface area contributed by atoms with Crippen LogP contribution in [-0.2, 0) is 21.5 Å². The Bertz CT molecular complexity index is 562. The number of piperazine rings is 1. The predicted molar refractivity (Wildman–Crippen MR) is 83.1 cm³/mol. The first-order valence-corrected chi connectivity index (χ1v) is 8.09. The second-order valence-electron chi connectivity index (χ2n) is 6.77. The second kappa shape index (κ2) is 5.40. The van der Waals surface area contributed by atoms with Crippen molar-refractivity contribution in [2.45, 2.75) is 58.5 Å². The third-order valence-electron chi connectivity index (χ3n) is 3.86. The Balaban J connectivity index is 2.17. The molecule has 0 radical (unpaired) electrons. The number of carbonyl (C=O) groups excluding carboxylic acids is 2. The van der Waals surface area contributed by atoms with Crippen molar-refractivity contribution < 1.29 is 9.59 Å². The van der Waals surface area contributed by atoms with E-state index in [4.69, 9.17) is 0 Å². The second-order valence-corrected chi connectivity index (χ2v) is 7.71. The average molecular weight is 309 g/mol. The van der Waals surface area contributed by atoms with Crippen LogP contribution in [0.1, 0.15) is 51.7 Å². The molecule has 1 N–H and O–H groups in total. The van der Waals surface area contributed by atoms with Gasteiger partial charge in [-0.15, -0.1) is 11.3 Å². The Morgan fingerprint density at radius 1 is 1.43 bits per heavy atom. The molecule has 6 heteroatoms. The lowest BCUT2D eigenvalue weighted by Gasteiger charge is -2.38. The van der Waals surface area contributed by atoms with E-state index in [9.17, 15) is 9.59 Å². The number of hydrogen-bond acceptors (Lipinski definition) is 4. The molecule has 21 heavy (non-hydrogen) atoms. The fourth-order valence-electron chi connectivity index (χ4n) is 2.25. The lowest BCUT2D eigenvalue weighted by atomic mass is 9.93. The molecule has 2 rings (SSSR count). The molecule has 1 aromatic rings. The zero-order valence-corrected chi connectivity index (χ0v) is 14.1. The quantitative estimate of drug-likeness (QED) is 0.929. The summed E-state index contributed by atoms with van der Waals surface area (Å²) < 4.78 is 0. The minimum atomic E-state index is -0.792. The van der Waals surface area contributed by atoms with Crippen LogP contribution >= 0.6 is 11.3 Å². The van der Waals surface area contributed by atoms with Crippen molar-refractivity contribution in [1.82, 2.24) is 15.2 Å². The summed E-state index contributed by atoms with van der Waals surface area (Å²) in [5, 5.41) is 5.70. The van der Waals surface area contributed by atoms with Crippen LogP contribution in [0.15, 0.2) is 5.38 Å². The Labute approximate surface area is 129 Å². The van der Waals surface area contributed by atoms with Crippen LogP contribution < -0.4 is 5.32 Å². The number of thiazole rings is 1. The van der Waals surface area contributed by atoms with Crippen LogP contribution in [0.4, 0.5) is 0 Å². The van der Waals surface area contributed by atoms with E-state index in [0.29, 0.717) is 13.0 Å². The first-order valence-electron chi connectivity index (χ1n) is 7.21. The Hall–Kier alpha value is -1.43. The molecule has 116 valence electrons. The van der Waals surface area contributed by atoms with Gasteiger partial charge in [-0.1, -0.05) is 27.7 Å². The number of rotatable bonds is 3. The molecule has 1 aromatic heterocycles. The SMILES string of the molecule is CCC1(C)NC(=O)CN(Cc2nc(C(C)(C)C)cs2)C1=O. The fourth-order valence-corrected chi connectivity index (χ4v) is 3.29. The van der Waals surface area contributed by atoms with Crippen LogP contribution in [0.25, 0.3) is 0 Å². The summed E-state index contributed by atoms with van der Waals surface area (Å²) in [4.78, 5) is 30.6. The largest absolute Gasteiger partial charge is 0.340 e. The highest BCUT2D eigenvalue weighted by Gasteiger charge is 2.41. The van der Waals surface area contributed by atoms with Gasteiger partial charge in [0.2, 0.25) is 11.8 Å². The molecule has 1 atom stereocenters. The van der Waals surface area contributed by atoms with Gasteiger partial charge >= 0.3 is 0 Å². The van der Waals surface area contributed by atoms with Crippen molar-refractivity contribution >= 4 is 23.2 Å². The molecule has 0 saturated carbocycles. The lowest BCUT2D eigenvalue weighted by Crippen LogP contribution is -2.64. The van der Waals surface area contributed by atoms with Crippen molar-refractivity contribution in [3.63, 3.8) is 0 Å². The normalized spacial score (nSPS) is 23.4. The molecule has 1 aliphatic rings. The van der Waals surface area contributed by atoms with Gasteiger partial charge in [-0.3, -0.25) is 9.59 Å². The van der Waals surface area contributed by atoms with E-state index >= 15 is 0 Å². The molecular weight excluding hydrogens is 286 g/mol. The highest BCUT2D eigenvalue weighted by atomic mass is 32.1. The summed E-state index contributed by atoms with van der Waals surface area (Å²) in [5.41, 5.74) is 0.227. The number of hydrogen-bond donors (Lipinski definition) is 1. The van der Waals surface area contributed by atoms with Gasteiger partial charge in [0.15, 0.2) is 0 Å². The van der Waals surface area contributed by atoms with Gasteiger partial charge in [0.1, 0.15) is 17.1 Å². The molecule has 1 aliphatic heterocycles. The molecule has 0 spiro atoms. The smallest absolute Gasteiger partial charge is 0.248 e. The lowest BCUT2D eigenvalue weighted by molar-refractivity contribution is -0.149. The summed E-state index contributed by atoms with van der Waals surface area (Å²) in [5.74, 6) is -0.136. The Kier molecular flexibility index (Phi) is 4.10. The zero-order chi connectivity index (χ0) is 15.8. The predicted octanol–water partition coefficient (Wildman–Crippen LogP) is 2.07. The maximum Gasteiger partial charge on any atom is 0.248 e. The van der Waals surface area contributed by atoms with Crippen molar-refractivity contribution in [2.24, 2.45) is 0 Å². The van der Waals surface area contributed by atoms with E-state index < -0.39 is 5.54 Å². The molecule has 5 nitrogen and oxygen atoms in total. The van der Waals surface area contributed by atoms with Crippen molar-refractivity contribution in [1.29, 1.82) is 0 Å². The topological polar surface area (TPSA) is 62.3 Å². The number of amides is 2. The van der Waals surface area contributed by atoms with Crippen molar-refractivity contribution in [2.75, 3.05) is 6.54 Å². The van der Waals surface area contributed by atoms with Gasteiger partial charge in [0.05, 0.1) is 12.2 Å². The molecule has 0 aromatic carbocycles. The van der Waals surface area contributed by atoms with Gasteiger partial charge in [-0.2, -0.15) is 0 Å². The van der Waals surface area contributed by atoms with Gasteiger partial charge in [-0.25, -0.2) is 4.98 Å². The molecule has 0 bridgehead atoms. The van der Waals surface area contributed by atoms with E-state index in [-0.39, 0.29) is 23.8 Å². The van der Waals surface area contributed by atoms with Crippen molar-refractivity contribution in [3.05, 3.63) is 16.1 Å².